The minimum atomic E-state index is 0.328. The molecule has 276 valence electrons. The van der Waals surface area contributed by atoms with E-state index in [1.165, 1.54) is 0 Å². The van der Waals surface area contributed by atoms with Gasteiger partial charge in [-0.25, -0.2) is 4.98 Å². The van der Waals surface area contributed by atoms with Gasteiger partial charge in [0, 0.05) is 32.3 Å². The molecule has 7 heteroatoms. The van der Waals surface area contributed by atoms with E-state index in [-0.39, 0.29) is 0 Å². The number of fused-ring (bicyclic) bond motifs is 9. The first-order chi connectivity index (χ1) is 29.2. The maximum Gasteiger partial charge on any atom is 0.300 e. The lowest BCUT2D eigenvalue weighted by Crippen LogP contribution is -2.00. The number of rotatable bonds is 6. The van der Waals surface area contributed by atoms with Crippen LogP contribution in [-0.2, 0) is 0 Å². The fourth-order valence-electron chi connectivity index (χ4n) is 8.97. The zero-order valence-electron chi connectivity index (χ0n) is 31.2. The third-order valence-electron chi connectivity index (χ3n) is 11.5. The van der Waals surface area contributed by atoms with Gasteiger partial charge in [0.2, 0.25) is 5.75 Å². The monoisotopic (exact) mass is 759 g/mol. The molecule has 0 fully saturated rings. The Morgan fingerprint density at radius 3 is 1.98 bits per heavy atom. The van der Waals surface area contributed by atoms with Crippen LogP contribution in [-0.4, -0.2) is 15.0 Å². The molecule has 0 atom stereocenters. The number of para-hydroxylation sites is 4. The van der Waals surface area contributed by atoms with Crippen LogP contribution in [0.4, 0.5) is 0 Å². The van der Waals surface area contributed by atoms with E-state index in [1.54, 1.807) is 0 Å². The Hall–Kier alpha value is -8.16. The second kappa shape index (κ2) is 12.2. The zero-order chi connectivity index (χ0) is 38.6. The number of H-pyrrole nitrogens is 1. The molecule has 0 aliphatic carbocycles. The highest BCUT2D eigenvalue weighted by Gasteiger charge is 2.29. The number of imidazole rings is 1. The van der Waals surface area contributed by atoms with Crippen LogP contribution in [0.1, 0.15) is 0 Å². The van der Waals surface area contributed by atoms with Gasteiger partial charge in [0.25, 0.3) is 6.01 Å². The molecule has 0 spiro atoms. The fraction of sp³-hybridized carbons (Fsp3) is 0. The number of nitrogens with one attached hydrogen (secondary N) is 1. The van der Waals surface area contributed by atoms with Gasteiger partial charge in [0.15, 0.2) is 11.5 Å². The molecule has 1 N–H and O–H groups in total. The molecule has 3 heterocycles. The van der Waals surface area contributed by atoms with Crippen LogP contribution < -0.4 is 14.2 Å². The molecule has 0 amide bonds. The van der Waals surface area contributed by atoms with Crippen molar-refractivity contribution in [3.8, 4) is 34.8 Å². The Balaban J connectivity index is 1.18. The van der Waals surface area contributed by atoms with Gasteiger partial charge in [0.05, 0.1) is 27.5 Å². The quantitative estimate of drug-likeness (QED) is 0.134. The summed E-state index contributed by atoms with van der Waals surface area (Å²) in [5, 5.41) is 11.9. The molecule has 0 saturated heterocycles. The van der Waals surface area contributed by atoms with Crippen molar-refractivity contribution < 1.29 is 18.6 Å². The number of benzene rings is 10. The molecular formula is C52H29N3O4. The molecule has 0 bridgehead atoms. The van der Waals surface area contributed by atoms with Crippen molar-refractivity contribution in [3.63, 3.8) is 0 Å². The fourth-order valence-corrected chi connectivity index (χ4v) is 8.97. The highest BCUT2D eigenvalue weighted by molar-refractivity contribution is 6.36. The lowest BCUT2D eigenvalue weighted by Gasteiger charge is -2.23. The number of pyridine rings is 1. The van der Waals surface area contributed by atoms with Crippen LogP contribution in [0.2, 0.25) is 0 Å². The van der Waals surface area contributed by atoms with E-state index in [2.05, 4.69) is 77.8 Å². The van der Waals surface area contributed by atoms with Crippen LogP contribution in [0, 0.1) is 0 Å². The number of aromatic nitrogens is 3. The predicted molar refractivity (Wildman–Crippen MR) is 237 cm³/mol. The number of aromatic amines is 1. The maximum absolute atomic E-state index is 7.35. The van der Waals surface area contributed by atoms with E-state index in [0.717, 1.165) is 92.3 Å². The normalized spacial score (nSPS) is 12.1. The van der Waals surface area contributed by atoms with Gasteiger partial charge in [-0.05, 0) is 87.6 Å². The molecule has 7 nitrogen and oxygen atoms in total. The SMILES string of the molecule is c1ccc2nc3cccc(Oc4c(Oc5cccc6oc7ccccc7c56)c(Oc5nc6ccccc6[nH]5)c5c6ccccc6c6cccc7ccc4c5c76)c3cc2c1. The van der Waals surface area contributed by atoms with Crippen molar-refractivity contribution in [3.05, 3.63) is 170 Å². The maximum atomic E-state index is 7.35. The van der Waals surface area contributed by atoms with Crippen molar-refractivity contribution >= 4 is 97.9 Å². The van der Waals surface area contributed by atoms with Crippen LogP contribution in [0.25, 0.3) is 97.9 Å². The summed E-state index contributed by atoms with van der Waals surface area (Å²) in [6.07, 6.45) is 0. The lowest BCUT2D eigenvalue weighted by atomic mass is 9.88. The Bertz CT molecular complexity index is 3810. The molecule has 0 saturated carbocycles. The Morgan fingerprint density at radius 2 is 1.05 bits per heavy atom. The highest BCUT2D eigenvalue weighted by Crippen LogP contribution is 2.57. The van der Waals surface area contributed by atoms with E-state index in [4.69, 9.17) is 28.6 Å². The van der Waals surface area contributed by atoms with Gasteiger partial charge in [-0.3, -0.25) is 0 Å². The van der Waals surface area contributed by atoms with Crippen molar-refractivity contribution in [2.45, 2.75) is 0 Å². The van der Waals surface area contributed by atoms with E-state index in [1.807, 2.05) is 97.1 Å². The number of hydrogen-bond acceptors (Lipinski definition) is 6. The molecule has 3 aromatic heterocycles. The van der Waals surface area contributed by atoms with Crippen LogP contribution >= 0.6 is 0 Å². The minimum Gasteiger partial charge on any atom is -0.456 e. The Labute approximate surface area is 335 Å². The van der Waals surface area contributed by atoms with Gasteiger partial charge >= 0.3 is 0 Å². The smallest absolute Gasteiger partial charge is 0.300 e. The van der Waals surface area contributed by atoms with E-state index >= 15 is 0 Å². The van der Waals surface area contributed by atoms with Gasteiger partial charge in [-0.2, -0.15) is 4.98 Å². The molecule has 10 aromatic carbocycles. The standard InChI is InChI=1S/C52H29N3O4/c1-5-18-37-30(12-1)28-36-38(53-37)21-10-23-42(36)57-49-35-27-26-29-13-9-17-32-31-14-2-3-15-33(31)48(47(35)45(29)32)50(59-52-54-39-19-6-7-20-40(39)55-52)51(49)58-44-25-11-24-43-46(44)34-16-4-8-22-41(34)56-43/h1-28H,(H,54,55). The molecule has 0 aliphatic heterocycles. The van der Waals surface area contributed by atoms with E-state index < -0.39 is 0 Å². The minimum absolute atomic E-state index is 0.328. The first-order valence-electron chi connectivity index (χ1n) is 19.6. The largest absolute Gasteiger partial charge is 0.456 e. The van der Waals surface area contributed by atoms with Crippen molar-refractivity contribution in [2.75, 3.05) is 0 Å². The van der Waals surface area contributed by atoms with Crippen LogP contribution in [0.15, 0.2) is 174 Å². The Morgan fingerprint density at radius 1 is 0.373 bits per heavy atom. The Kier molecular flexibility index (Phi) is 6.60. The number of ether oxygens (including phenoxy) is 3. The molecule has 13 rings (SSSR count). The van der Waals surface area contributed by atoms with Crippen LogP contribution in [0.3, 0.4) is 0 Å². The second-order valence-electron chi connectivity index (χ2n) is 14.9. The molecule has 0 unspecified atom stereocenters. The van der Waals surface area contributed by atoms with Crippen molar-refractivity contribution in [1.82, 2.24) is 15.0 Å². The summed E-state index contributed by atoms with van der Waals surface area (Å²) in [4.78, 5) is 13.4. The summed E-state index contributed by atoms with van der Waals surface area (Å²) in [6, 6.07) is 57.6. The summed E-state index contributed by atoms with van der Waals surface area (Å²) < 4.78 is 28.2. The first-order valence-corrected chi connectivity index (χ1v) is 19.6. The molecule has 0 radical (unpaired) electrons. The van der Waals surface area contributed by atoms with E-state index in [0.29, 0.717) is 40.3 Å². The predicted octanol–water partition coefficient (Wildman–Crippen LogP) is 14.6. The van der Waals surface area contributed by atoms with Crippen molar-refractivity contribution in [2.24, 2.45) is 0 Å². The number of furan rings is 1. The third kappa shape index (κ3) is 4.76. The summed E-state index contributed by atoms with van der Waals surface area (Å²) >= 11 is 0. The summed E-state index contributed by atoms with van der Waals surface area (Å²) in [5.74, 6) is 2.58. The van der Waals surface area contributed by atoms with Gasteiger partial charge < -0.3 is 23.6 Å². The molecular weight excluding hydrogens is 731 g/mol. The average molecular weight is 760 g/mol. The zero-order valence-corrected chi connectivity index (χ0v) is 31.2. The van der Waals surface area contributed by atoms with Crippen LogP contribution in [0.5, 0.6) is 34.8 Å². The summed E-state index contributed by atoms with van der Waals surface area (Å²) in [7, 11) is 0. The van der Waals surface area contributed by atoms with Crippen molar-refractivity contribution in [1.29, 1.82) is 0 Å². The summed E-state index contributed by atoms with van der Waals surface area (Å²) in [6.45, 7) is 0. The van der Waals surface area contributed by atoms with Gasteiger partial charge in [-0.1, -0.05) is 109 Å². The number of nitrogens with zero attached hydrogens (tertiary/aromatic N) is 2. The highest BCUT2D eigenvalue weighted by atomic mass is 16.6. The third-order valence-corrected chi connectivity index (χ3v) is 11.5. The average Bonchev–Trinajstić information content (AvgIpc) is 3.88. The first kappa shape index (κ1) is 32.0. The molecule has 59 heavy (non-hydrogen) atoms. The lowest BCUT2D eigenvalue weighted by molar-refractivity contribution is 0.386. The van der Waals surface area contributed by atoms with Gasteiger partial charge in [0.1, 0.15) is 22.7 Å². The summed E-state index contributed by atoms with van der Waals surface area (Å²) in [5.41, 5.74) is 4.86. The second-order valence-corrected chi connectivity index (χ2v) is 14.9. The van der Waals surface area contributed by atoms with Gasteiger partial charge in [-0.15, -0.1) is 0 Å². The van der Waals surface area contributed by atoms with E-state index in [9.17, 15) is 0 Å². The number of hydrogen-bond donors (Lipinski definition) is 1. The topological polar surface area (TPSA) is 82.4 Å². The molecule has 13 aromatic rings. The molecule has 0 aliphatic rings.